The van der Waals surface area contributed by atoms with Crippen LogP contribution in [-0.4, -0.2) is 47.3 Å². The number of aliphatic hydroxyl groups is 1. The van der Waals surface area contributed by atoms with E-state index in [1.54, 1.807) is 11.9 Å². The number of aliphatic imine (C=N–C) groups is 1. The number of aromatic amines is 1. The number of carbonyl (C=O) groups excluding carboxylic acids is 1. The lowest BCUT2D eigenvalue weighted by molar-refractivity contribution is 0.0588. The Hall–Kier alpha value is -2.06. The van der Waals surface area contributed by atoms with Crippen LogP contribution in [-0.2, 0) is 4.74 Å². The molecule has 8 heteroatoms. The van der Waals surface area contributed by atoms with Crippen molar-refractivity contribution in [2.75, 3.05) is 14.2 Å². The number of hydrogen-bond donors (Lipinski definition) is 3. The van der Waals surface area contributed by atoms with Crippen LogP contribution < -0.4 is 5.73 Å². The van der Waals surface area contributed by atoms with Crippen molar-refractivity contribution in [2.45, 2.75) is 12.3 Å². The van der Waals surface area contributed by atoms with Crippen LogP contribution in [0.3, 0.4) is 0 Å². The van der Waals surface area contributed by atoms with Gasteiger partial charge in [-0.2, -0.15) is 0 Å². The van der Waals surface area contributed by atoms with Gasteiger partial charge < -0.3 is 25.5 Å². The monoisotopic (exact) mass is 366 g/mol. The lowest BCUT2D eigenvalue weighted by Gasteiger charge is -2.24. The molecule has 1 aromatic carbocycles. The van der Waals surface area contributed by atoms with Gasteiger partial charge in [-0.05, 0) is 18.2 Å². The van der Waals surface area contributed by atoms with Gasteiger partial charge >= 0.3 is 5.97 Å². The second-order valence-corrected chi connectivity index (χ2v) is 5.97. The largest absolute Gasteiger partial charge is 0.464 e. The van der Waals surface area contributed by atoms with Gasteiger partial charge in [0, 0.05) is 28.0 Å². The molecule has 2 aromatic rings. The number of hydrogen-bond acceptors (Lipinski definition) is 6. The Kier molecular flexibility index (Phi) is 3.57. The molecule has 0 amide bonds. The second kappa shape index (κ2) is 5.29. The smallest absolute Gasteiger partial charge is 0.354 e. The highest BCUT2D eigenvalue weighted by molar-refractivity contribution is 9.10. The molecule has 1 aliphatic rings. The number of methoxy groups -OCH3 is 1. The summed E-state index contributed by atoms with van der Waals surface area (Å²) in [6, 6.07) is 5.03. The van der Waals surface area contributed by atoms with Crippen LogP contribution in [0.1, 0.15) is 22.1 Å². The third-order valence-corrected chi connectivity index (χ3v) is 4.30. The third kappa shape index (κ3) is 2.15. The van der Waals surface area contributed by atoms with E-state index >= 15 is 0 Å². The van der Waals surface area contributed by atoms with Gasteiger partial charge in [0.15, 0.2) is 12.2 Å². The number of aromatic nitrogens is 1. The summed E-state index contributed by atoms with van der Waals surface area (Å²) in [6.45, 7) is 0. The molecule has 1 aromatic heterocycles. The predicted molar refractivity (Wildman–Crippen MR) is 85.5 cm³/mol. The van der Waals surface area contributed by atoms with E-state index in [4.69, 9.17) is 10.5 Å². The standard InChI is InChI=1S/C14H15BrN4O3/c1-19-11(12(20)18-14(19)16)9-7-5-6(15)3-4-8(7)17-10(9)13(21)22-2/h3-5,11-12,17,20H,1-2H3,(H2,16,18). The SMILES string of the molecule is COC(=O)c1[nH]c2ccc(Br)cc2c1C1C(O)N=C(N)N1C. The average molecular weight is 367 g/mol. The molecule has 0 saturated carbocycles. The topological polar surface area (TPSA) is 104 Å². The fourth-order valence-corrected chi connectivity index (χ4v) is 3.10. The highest BCUT2D eigenvalue weighted by Crippen LogP contribution is 2.37. The molecule has 1 aliphatic heterocycles. The van der Waals surface area contributed by atoms with Crippen molar-refractivity contribution in [3.8, 4) is 0 Å². The van der Waals surface area contributed by atoms with Crippen LogP contribution in [0.2, 0.25) is 0 Å². The molecule has 0 aliphatic carbocycles. The molecule has 4 N–H and O–H groups in total. The summed E-state index contributed by atoms with van der Waals surface area (Å²) in [5.41, 5.74) is 7.45. The first-order valence-electron chi connectivity index (χ1n) is 6.57. The maximum absolute atomic E-state index is 12.1. The lowest BCUT2D eigenvalue weighted by atomic mass is 10.0. The summed E-state index contributed by atoms with van der Waals surface area (Å²) in [5.74, 6) is -0.286. The van der Waals surface area contributed by atoms with Crippen molar-refractivity contribution in [1.29, 1.82) is 0 Å². The van der Waals surface area contributed by atoms with Crippen molar-refractivity contribution in [3.63, 3.8) is 0 Å². The Balaban J connectivity index is 2.26. The Morgan fingerprint density at radius 1 is 1.55 bits per heavy atom. The van der Waals surface area contributed by atoms with E-state index < -0.39 is 18.2 Å². The van der Waals surface area contributed by atoms with Gasteiger partial charge in [-0.15, -0.1) is 0 Å². The van der Waals surface area contributed by atoms with E-state index in [1.807, 2.05) is 18.2 Å². The van der Waals surface area contributed by atoms with Gasteiger partial charge in [-0.3, -0.25) is 0 Å². The number of ether oxygens (including phenoxy) is 1. The summed E-state index contributed by atoms with van der Waals surface area (Å²) in [7, 11) is 3.03. The Morgan fingerprint density at radius 3 is 2.86 bits per heavy atom. The average Bonchev–Trinajstić information content (AvgIpc) is 2.96. The second-order valence-electron chi connectivity index (χ2n) is 5.05. The summed E-state index contributed by atoms with van der Waals surface area (Å²) >= 11 is 3.42. The van der Waals surface area contributed by atoms with Crippen molar-refractivity contribution in [2.24, 2.45) is 10.7 Å². The number of nitrogens with two attached hydrogens (primary N) is 1. The molecule has 22 heavy (non-hydrogen) atoms. The first-order chi connectivity index (χ1) is 10.4. The number of H-pyrrole nitrogens is 1. The number of guanidine groups is 1. The fourth-order valence-electron chi connectivity index (χ4n) is 2.74. The predicted octanol–water partition coefficient (Wildman–Crippen LogP) is 1.34. The minimum absolute atomic E-state index is 0.220. The number of aliphatic hydroxyl groups excluding tert-OH is 1. The van der Waals surface area contributed by atoms with Crippen LogP contribution in [0.4, 0.5) is 0 Å². The molecule has 0 spiro atoms. The number of rotatable bonds is 2. The van der Waals surface area contributed by atoms with E-state index in [1.165, 1.54) is 7.11 Å². The highest BCUT2D eigenvalue weighted by atomic mass is 79.9. The number of halogens is 1. The van der Waals surface area contributed by atoms with Crippen LogP contribution in [0.15, 0.2) is 27.7 Å². The number of carbonyl (C=O) groups is 1. The zero-order chi connectivity index (χ0) is 16.0. The minimum Gasteiger partial charge on any atom is -0.464 e. The van der Waals surface area contributed by atoms with Gasteiger partial charge in [-0.25, -0.2) is 9.79 Å². The quantitative estimate of drug-likeness (QED) is 0.695. The molecule has 3 rings (SSSR count). The van der Waals surface area contributed by atoms with Gasteiger partial charge in [0.1, 0.15) is 11.7 Å². The van der Waals surface area contributed by atoms with E-state index in [0.29, 0.717) is 5.56 Å². The first-order valence-corrected chi connectivity index (χ1v) is 7.37. The number of likely N-dealkylation sites (N-methyl/N-ethyl adjacent to an activating group) is 1. The minimum atomic E-state index is -1.05. The maximum atomic E-state index is 12.1. The molecule has 0 radical (unpaired) electrons. The van der Waals surface area contributed by atoms with E-state index in [0.717, 1.165) is 15.4 Å². The maximum Gasteiger partial charge on any atom is 0.354 e. The summed E-state index contributed by atoms with van der Waals surface area (Å²) in [5, 5.41) is 11.0. The van der Waals surface area contributed by atoms with E-state index in [-0.39, 0.29) is 11.7 Å². The summed E-state index contributed by atoms with van der Waals surface area (Å²) in [6.07, 6.45) is -1.05. The molecule has 0 fully saturated rings. The van der Waals surface area contributed by atoms with Gasteiger partial charge in [-0.1, -0.05) is 15.9 Å². The van der Waals surface area contributed by atoms with Crippen LogP contribution >= 0.6 is 15.9 Å². The Bertz CT molecular complexity index is 786. The molecule has 0 saturated heterocycles. The number of nitrogens with zero attached hydrogens (tertiary/aromatic N) is 2. The Labute approximate surface area is 134 Å². The molecule has 7 nitrogen and oxygen atoms in total. The van der Waals surface area contributed by atoms with Crippen molar-refractivity contribution in [1.82, 2.24) is 9.88 Å². The molecular weight excluding hydrogens is 352 g/mol. The number of benzene rings is 1. The van der Waals surface area contributed by atoms with Crippen LogP contribution in [0, 0.1) is 0 Å². The van der Waals surface area contributed by atoms with Gasteiger partial charge in [0.25, 0.3) is 0 Å². The van der Waals surface area contributed by atoms with Crippen LogP contribution in [0.25, 0.3) is 10.9 Å². The molecule has 116 valence electrons. The number of nitrogens with one attached hydrogen (secondary N) is 1. The molecule has 0 bridgehead atoms. The highest BCUT2D eigenvalue weighted by Gasteiger charge is 2.37. The normalized spacial score (nSPS) is 21.3. The van der Waals surface area contributed by atoms with Crippen molar-refractivity contribution in [3.05, 3.63) is 33.9 Å². The van der Waals surface area contributed by atoms with Crippen LogP contribution in [0.5, 0.6) is 0 Å². The zero-order valence-corrected chi connectivity index (χ0v) is 13.6. The Morgan fingerprint density at radius 2 is 2.27 bits per heavy atom. The van der Waals surface area contributed by atoms with Gasteiger partial charge in [0.05, 0.1) is 7.11 Å². The fraction of sp³-hybridized carbons (Fsp3) is 0.286. The molecule has 2 heterocycles. The van der Waals surface area contributed by atoms with E-state index in [9.17, 15) is 9.90 Å². The number of fused-ring (bicyclic) bond motifs is 1. The van der Waals surface area contributed by atoms with Crippen molar-refractivity contribution < 1.29 is 14.6 Å². The molecular formula is C14H15BrN4O3. The first kappa shape index (κ1) is 14.9. The zero-order valence-electron chi connectivity index (χ0n) is 12.0. The van der Waals surface area contributed by atoms with E-state index in [2.05, 4.69) is 25.9 Å². The summed E-state index contributed by atoms with van der Waals surface area (Å²) in [4.78, 5) is 20.8. The summed E-state index contributed by atoms with van der Waals surface area (Å²) < 4.78 is 5.70. The van der Waals surface area contributed by atoms with Crippen molar-refractivity contribution >= 4 is 38.8 Å². The lowest BCUT2D eigenvalue weighted by Crippen LogP contribution is -2.34. The third-order valence-electron chi connectivity index (χ3n) is 3.81. The van der Waals surface area contributed by atoms with Gasteiger partial charge in [0.2, 0.25) is 0 Å². The molecule has 2 unspecified atom stereocenters. The molecule has 2 atom stereocenters. The number of esters is 1.